The zero-order chi connectivity index (χ0) is 12.3. The monoisotopic (exact) mass is 227 g/mol. The molecule has 1 heterocycles. The number of hydrogen-bond acceptors (Lipinski definition) is 3. The Labute approximate surface area is 102 Å². The summed E-state index contributed by atoms with van der Waals surface area (Å²) in [7, 11) is 0. The lowest BCUT2D eigenvalue weighted by molar-refractivity contribution is 0.874. The highest BCUT2D eigenvalue weighted by atomic mass is 14.9. The number of nitrogens with two attached hydrogens (primary N) is 1. The normalized spacial score (nSPS) is 12.1. The molecule has 3 nitrogen and oxygen atoms in total. The third-order valence-electron chi connectivity index (χ3n) is 2.82. The molecule has 0 radical (unpaired) electrons. The van der Waals surface area contributed by atoms with E-state index in [0.29, 0.717) is 0 Å². The minimum atomic E-state index is 0.212. The minimum Gasteiger partial charge on any atom is -0.399 e. The van der Waals surface area contributed by atoms with Gasteiger partial charge in [-0.05, 0) is 43.2 Å². The molecule has 0 saturated heterocycles. The second-order valence-electron chi connectivity index (χ2n) is 4.23. The summed E-state index contributed by atoms with van der Waals surface area (Å²) in [6.07, 6.45) is 3.65. The van der Waals surface area contributed by atoms with E-state index in [-0.39, 0.29) is 6.04 Å². The summed E-state index contributed by atoms with van der Waals surface area (Å²) < 4.78 is 0. The first kappa shape index (κ1) is 11.5. The van der Waals surface area contributed by atoms with Crippen LogP contribution in [0, 0.1) is 6.92 Å². The van der Waals surface area contributed by atoms with Crippen molar-refractivity contribution >= 4 is 11.4 Å². The van der Waals surface area contributed by atoms with E-state index >= 15 is 0 Å². The van der Waals surface area contributed by atoms with Crippen molar-refractivity contribution in [3.05, 3.63) is 53.9 Å². The average molecular weight is 227 g/mol. The topological polar surface area (TPSA) is 50.9 Å². The molecule has 3 heteroatoms. The van der Waals surface area contributed by atoms with Crippen LogP contribution in [-0.2, 0) is 0 Å². The molecule has 1 unspecified atom stereocenters. The molecular weight excluding hydrogens is 210 g/mol. The van der Waals surface area contributed by atoms with Crippen LogP contribution in [0.5, 0.6) is 0 Å². The lowest BCUT2D eigenvalue weighted by Crippen LogP contribution is -2.08. The second kappa shape index (κ2) is 4.87. The maximum absolute atomic E-state index is 5.79. The van der Waals surface area contributed by atoms with Gasteiger partial charge < -0.3 is 11.1 Å². The summed E-state index contributed by atoms with van der Waals surface area (Å²) in [5.74, 6) is 0. The van der Waals surface area contributed by atoms with Crippen molar-refractivity contribution in [1.82, 2.24) is 4.98 Å². The Balaban J connectivity index is 2.18. The maximum Gasteiger partial charge on any atom is 0.0500 e. The van der Waals surface area contributed by atoms with Crippen LogP contribution in [0.4, 0.5) is 11.4 Å². The van der Waals surface area contributed by atoms with Crippen LogP contribution >= 0.6 is 0 Å². The van der Waals surface area contributed by atoms with Gasteiger partial charge in [0.05, 0.1) is 6.04 Å². The average Bonchev–Trinajstić information content (AvgIpc) is 2.35. The first-order chi connectivity index (χ1) is 8.16. The number of rotatable bonds is 3. The number of nitrogens with zero attached hydrogens (tertiary/aromatic N) is 1. The van der Waals surface area contributed by atoms with Gasteiger partial charge in [0.15, 0.2) is 0 Å². The summed E-state index contributed by atoms with van der Waals surface area (Å²) in [5, 5.41) is 3.45. The Hall–Kier alpha value is -2.03. The molecule has 2 rings (SSSR count). The van der Waals surface area contributed by atoms with E-state index in [1.807, 2.05) is 30.5 Å². The lowest BCUT2D eigenvalue weighted by Gasteiger charge is -2.17. The van der Waals surface area contributed by atoms with Gasteiger partial charge in [0.25, 0.3) is 0 Å². The molecule has 1 aromatic carbocycles. The molecule has 0 bridgehead atoms. The summed E-state index contributed by atoms with van der Waals surface area (Å²) in [5.41, 5.74) is 9.99. The fraction of sp³-hybridized carbons (Fsp3) is 0.214. The van der Waals surface area contributed by atoms with Gasteiger partial charge in [-0.1, -0.05) is 12.1 Å². The molecule has 0 amide bonds. The number of aromatic nitrogens is 1. The fourth-order valence-electron chi connectivity index (χ4n) is 1.74. The van der Waals surface area contributed by atoms with E-state index in [1.54, 1.807) is 6.20 Å². The lowest BCUT2D eigenvalue weighted by atomic mass is 10.1. The van der Waals surface area contributed by atoms with Gasteiger partial charge in [-0.2, -0.15) is 0 Å². The highest BCUT2D eigenvalue weighted by Crippen LogP contribution is 2.23. The molecular formula is C14H17N3. The molecule has 0 aliphatic heterocycles. The Bertz CT molecular complexity index is 494. The molecule has 88 valence electrons. The highest BCUT2D eigenvalue weighted by molar-refractivity contribution is 5.59. The van der Waals surface area contributed by atoms with Gasteiger partial charge in [-0.15, -0.1) is 0 Å². The van der Waals surface area contributed by atoms with E-state index in [9.17, 15) is 0 Å². The SMILES string of the molecule is Cc1ccc(N)cc1NC(C)c1cccnc1. The highest BCUT2D eigenvalue weighted by Gasteiger charge is 2.06. The summed E-state index contributed by atoms with van der Waals surface area (Å²) in [4.78, 5) is 4.12. The molecule has 0 aliphatic carbocycles. The van der Waals surface area contributed by atoms with Crippen LogP contribution < -0.4 is 11.1 Å². The molecule has 0 spiro atoms. The number of benzene rings is 1. The summed E-state index contributed by atoms with van der Waals surface area (Å²) in [6.45, 7) is 4.18. The predicted molar refractivity (Wildman–Crippen MR) is 71.9 cm³/mol. The van der Waals surface area contributed by atoms with Crippen LogP contribution in [-0.4, -0.2) is 4.98 Å². The molecule has 17 heavy (non-hydrogen) atoms. The van der Waals surface area contributed by atoms with Crippen molar-refractivity contribution < 1.29 is 0 Å². The van der Waals surface area contributed by atoms with Gasteiger partial charge in [0, 0.05) is 23.8 Å². The molecule has 2 aromatic rings. The minimum absolute atomic E-state index is 0.212. The summed E-state index contributed by atoms with van der Waals surface area (Å²) in [6, 6.07) is 10.1. The van der Waals surface area contributed by atoms with Gasteiger partial charge >= 0.3 is 0 Å². The number of nitrogens with one attached hydrogen (secondary N) is 1. The van der Waals surface area contributed by atoms with Gasteiger partial charge in [0.2, 0.25) is 0 Å². The Kier molecular flexibility index (Phi) is 3.28. The van der Waals surface area contributed by atoms with Crippen LogP contribution in [0.1, 0.15) is 24.1 Å². The number of pyridine rings is 1. The second-order valence-corrected chi connectivity index (χ2v) is 4.23. The third-order valence-corrected chi connectivity index (χ3v) is 2.82. The standard InChI is InChI=1S/C14H17N3/c1-10-5-6-13(15)8-14(10)17-11(2)12-4-3-7-16-9-12/h3-9,11,17H,15H2,1-2H3. The van der Waals surface area contributed by atoms with E-state index in [2.05, 4.69) is 30.2 Å². The molecule has 1 aromatic heterocycles. The zero-order valence-corrected chi connectivity index (χ0v) is 10.1. The van der Waals surface area contributed by atoms with Crippen LogP contribution in [0.3, 0.4) is 0 Å². The smallest absolute Gasteiger partial charge is 0.0500 e. The third kappa shape index (κ3) is 2.75. The van der Waals surface area contributed by atoms with Crippen LogP contribution in [0.2, 0.25) is 0 Å². The molecule has 0 aliphatic rings. The van der Waals surface area contributed by atoms with E-state index in [0.717, 1.165) is 16.9 Å². The number of nitrogen functional groups attached to an aromatic ring is 1. The maximum atomic E-state index is 5.79. The molecule has 0 saturated carbocycles. The van der Waals surface area contributed by atoms with Crippen molar-refractivity contribution in [2.75, 3.05) is 11.1 Å². The van der Waals surface area contributed by atoms with Crippen LogP contribution in [0.25, 0.3) is 0 Å². The zero-order valence-electron chi connectivity index (χ0n) is 10.1. The molecule has 3 N–H and O–H groups in total. The molecule has 1 atom stereocenters. The Morgan fingerprint density at radius 1 is 1.29 bits per heavy atom. The largest absolute Gasteiger partial charge is 0.399 e. The summed E-state index contributed by atoms with van der Waals surface area (Å²) >= 11 is 0. The van der Waals surface area contributed by atoms with Crippen molar-refractivity contribution in [2.24, 2.45) is 0 Å². The van der Waals surface area contributed by atoms with E-state index in [1.165, 1.54) is 5.56 Å². The number of anilines is 2. The van der Waals surface area contributed by atoms with Crippen molar-refractivity contribution in [1.29, 1.82) is 0 Å². The van der Waals surface area contributed by atoms with Gasteiger partial charge in [-0.3, -0.25) is 4.98 Å². The number of aryl methyl sites for hydroxylation is 1. The van der Waals surface area contributed by atoms with Crippen molar-refractivity contribution in [3.63, 3.8) is 0 Å². The molecule has 0 fully saturated rings. The first-order valence-electron chi connectivity index (χ1n) is 5.69. The van der Waals surface area contributed by atoms with Crippen LogP contribution in [0.15, 0.2) is 42.7 Å². The van der Waals surface area contributed by atoms with Crippen molar-refractivity contribution in [3.8, 4) is 0 Å². The van der Waals surface area contributed by atoms with Gasteiger partial charge in [0.1, 0.15) is 0 Å². The Morgan fingerprint density at radius 2 is 2.12 bits per heavy atom. The fourth-order valence-corrected chi connectivity index (χ4v) is 1.74. The Morgan fingerprint density at radius 3 is 2.82 bits per heavy atom. The quantitative estimate of drug-likeness (QED) is 0.792. The number of hydrogen-bond donors (Lipinski definition) is 2. The van der Waals surface area contributed by atoms with E-state index in [4.69, 9.17) is 5.73 Å². The first-order valence-corrected chi connectivity index (χ1v) is 5.69. The predicted octanol–water partition coefficient (Wildman–Crippen LogP) is 3.15. The van der Waals surface area contributed by atoms with E-state index < -0.39 is 0 Å². The van der Waals surface area contributed by atoms with Gasteiger partial charge in [-0.25, -0.2) is 0 Å². The van der Waals surface area contributed by atoms with Crippen molar-refractivity contribution in [2.45, 2.75) is 19.9 Å².